The molecule has 6 nitrogen and oxygen atoms in total. The van der Waals surface area contributed by atoms with Crippen LogP contribution < -0.4 is 10.1 Å². The summed E-state index contributed by atoms with van der Waals surface area (Å²) in [5.74, 6) is -0.396. The Morgan fingerprint density at radius 1 is 1.12 bits per heavy atom. The van der Waals surface area contributed by atoms with Gasteiger partial charge in [-0.2, -0.15) is 0 Å². The van der Waals surface area contributed by atoms with E-state index in [9.17, 15) is 9.59 Å². The Balaban J connectivity index is 1.74. The normalized spacial score (nSPS) is 10.6. The quantitative estimate of drug-likeness (QED) is 0.721. The molecule has 0 aliphatic rings. The average molecular weight is 339 g/mol. The molecule has 1 amide bonds. The van der Waals surface area contributed by atoms with Crippen LogP contribution in [-0.4, -0.2) is 24.1 Å². The predicted octanol–water partition coefficient (Wildman–Crippen LogP) is 3.00. The van der Waals surface area contributed by atoms with Crippen LogP contribution in [0.4, 0.5) is 0 Å². The number of rotatable bonds is 6. The molecule has 0 unspecified atom stereocenters. The van der Waals surface area contributed by atoms with Crippen LogP contribution in [0.1, 0.15) is 21.7 Å². The molecule has 2 aromatic carbocycles. The number of fused-ring (bicyclic) bond motifs is 1. The number of amides is 1. The van der Waals surface area contributed by atoms with Gasteiger partial charge < -0.3 is 19.6 Å². The highest BCUT2D eigenvalue weighted by Gasteiger charge is 2.14. The monoisotopic (exact) mass is 339 g/mol. The highest BCUT2D eigenvalue weighted by Crippen LogP contribution is 2.24. The van der Waals surface area contributed by atoms with Crippen LogP contribution in [-0.2, 0) is 17.8 Å². The second-order valence-electron chi connectivity index (χ2n) is 5.54. The number of furan rings is 1. The van der Waals surface area contributed by atoms with Gasteiger partial charge in [-0.15, -0.1) is 0 Å². The van der Waals surface area contributed by atoms with E-state index in [1.807, 2.05) is 0 Å². The fourth-order valence-corrected chi connectivity index (χ4v) is 2.59. The molecule has 0 spiro atoms. The van der Waals surface area contributed by atoms with Gasteiger partial charge in [0.15, 0.2) is 5.76 Å². The number of hydrogen-bond donors (Lipinski definition) is 2. The third kappa shape index (κ3) is 3.80. The summed E-state index contributed by atoms with van der Waals surface area (Å²) in [6.45, 7) is 0.225. The van der Waals surface area contributed by atoms with Crippen molar-refractivity contribution in [2.75, 3.05) is 7.11 Å². The summed E-state index contributed by atoms with van der Waals surface area (Å²) in [4.78, 5) is 23.2. The number of ether oxygens (including phenoxy) is 1. The fraction of sp³-hybridized carbons (Fsp3) is 0.158. The summed E-state index contributed by atoms with van der Waals surface area (Å²) < 4.78 is 10.7. The molecule has 0 aliphatic carbocycles. The van der Waals surface area contributed by atoms with E-state index in [1.165, 1.54) is 0 Å². The van der Waals surface area contributed by atoms with Crippen molar-refractivity contribution in [3.8, 4) is 5.75 Å². The first kappa shape index (κ1) is 16.6. The van der Waals surface area contributed by atoms with Gasteiger partial charge >= 0.3 is 5.97 Å². The van der Waals surface area contributed by atoms with Crippen LogP contribution in [0.5, 0.6) is 5.75 Å². The van der Waals surface area contributed by atoms with E-state index in [4.69, 9.17) is 14.3 Å². The number of benzene rings is 2. The molecule has 0 atom stereocenters. The maximum absolute atomic E-state index is 12.3. The molecule has 0 radical (unpaired) electrons. The van der Waals surface area contributed by atoms with Crippen LogP contribution in [0.25, 0.3) is 11.0 Å². The zero-order chi connectivity index (χ0) is 17.8. The van der Waals surface area contributed by atoms with Gasteiger partial charge in [0.25, 0.3) is 5.91 Å². The molecule has 3 rings (SSSR count). The van der Waals surface area contributed by atoms with Crippen LogP contribution in [0.15, 0.2) is 52.9 Å². The number of carboxylic acid groups (broad SMARTS) is 1. The average Bonchev–Trinajstić information content (AvgIpc) is 3.03. The highest BCUT2D eigenvalue weighted by atomic mass is 16.5. The number of aliphatic carboxylic acids is 1. The first-order valence-electron chi connectivity index (χ1n) is 7.71. The number of nitrogens with one attached hydrogen (secondary N) is 1. The van der Waals surface area contributed by atoms with Gasteiger partial charge in [-0.25, -0.2) is 0 Å². The van der Waals surface area contributed by atoms with E-state index < -0.39 is 5.97 Å². The third-order valence-corrected chi connectivity index (χ3v) is 3.85. The SMILES string of the molecule is COc1ccc2oc(C(=O)NCc3ccccc3CC(=O)O)cc2c1. The summed E-state index contributed by atoms with van der Waals surface area (Å²) in [5.41, 5.74) is 2.03. The zero-order valence-corrected chi connectivity index (χ0v) is 13.6. The smallest absolute Gasteiger partial charge is 0.307 e. The molecule has 2 N–H and O–H groups in total. The molecule has 3 aromatic rings. The molecule has 1 heterocycles. The van der Waals surface area contributed by atoms with Crippen LogP contribution in [0.2, 0.25) is 0 Å². The lowest BCUT2D eigenvalue weighted by molar-refractivity contribution is -0.136. The second kappa shape index (κ2) is 7.09. The predicted molar refractivity (Wildman–Crippen MR) is 91.7 cm³/mol. The van der Waals surface area contributed by atoms with Gasteiger partial charge in [0.05, 0.1) is 13.5 Å². The minimum absolute atomic E-state index is 0.0868. The number of carbonyl (C=O) groups excluding carboxylic acids is 1. The zero-order valence-electron chi connectivity index (χ0n) is 13.6. The largest absolute Gasteiger partial charge is 0.497 e. The molecule has 0 saturated heterocycles. The number of hydrogen-bond acceptors (Lipinski definition) is 4. The van der Waals surface area contributed by atoms with Crippen molar-refractivity contribution in [1.82, 2.24) is 5.32 Å². The van der Waals surface area contributed by atoms with Gasteiger partial charge in [0.1, 0.15) is 11.3 Å². The molecule has 0 bridgehead atoms. The summed E-state index contributed by atoms with van der Waals surface area (Å²) in [7, 11) is 1.57. The summed E-state index contributed by atoms with van der Waals surface area (Å²) in [5, 5.41) is 12.5. The van der Waals surface area contributed by atoms with Crippen molar-refractivity contribution in [2.24, 2.45) is 0 Å². The molecular weight excluding hydrogens is 322 g/mol. The van der Waals surface area contributed by atoms with Crippen molar-refractivity contribution in [3.63, 3.8) is 0 Å². The van der Waals surface area contributed by atoms with E-state index in [2.05, 4.69) is 5.32 Å². The fourth-order valence-electron chi connectivity index (χ4n) is 2.59. The van der Waals surface area contributed by atoms with Crippen LogP contribution >= 0.6 is 0 Å². The summed E-state index contributed by atoms with van der Waals surface area (Å²) in [6.07, 6.45) is -0.0868. The Hall–Kier alpha value is -3.28. The molecule has 0 saturated carbocycles. The van der Waals surface area contributed by atoms with Crippen LogP contribution in [0, 0.1) is 0 Å². The molecule has 128 valence electrons. The number of carbonyl (C=O) groups is 2. The van der Waals surface area contributed by atoms with Crippen LogP contribution in [0.3, 0.4) is 0 Å². The maximum Gasteiger partial charge on any atom is 0.307 e. The molecule has 0 fully saturated rings. The molecular formula is C19H17NO5. The van der Waals surface area contributed by atoms with Gasteiger partial charge in [-0.05, 0) is 35.4 Å². The lowest BCUT2D eigenvalue weighted by Crippen LogP contribution is -2.23. The number of carboxylic acids is 1. The topological polar surface area (TPSA) is 88.8 Å². The molecule has 25 heavy (non-hydrogen) atoms. The third-order valence-electron chi connectivity index (χ3n) is 3.85. The van der Waals surface area contributed by atoms with E-state index >= 15 is 0 Å². The maximum atomic E-state index is 12.3. The summed E-state index contributed by atoms with van der Waals surface area (Å²) in [6, 6.07) is 14.1. The van der Waals surface area contributed by atoms with Crippen molar-refractivity contribution in [2.45, 2.75) is 13.0 Å². The van der Waals surface area contributed by atoms with E-state index in [0.29, 0.717) is 16.9 Å². The van der Waals surface area contributed by atoms with Gasteiger partial charge in [-0.1, -0.05) is 24.3 Å². The lowest BCUT2D eigenvalue weighted by atomic mass is 10.0. The Morgan fingerprint density at radius 2 is 1.88 bits per heavy atom. The molecule has 0 aliphatic heterocycles. The Morgan fingerprint density at radius 3 is 2.60 bits per heavy atom. The van der Waals surface area contributed by atoms with Gasteiger partial charge in [-0.3, -0.25) is 9.59 Å². The minimum Gasteiger partial charge on any atom is -0.497 e. The van der Waals surface area contributed by atoms with Crippen molar-refractivity contribution >= 4 is 22.8 Å². The van der Waals surface area contributed by atoms with Crippen molar-refractivity contribution < 1.29 is 23.8 Å². The Labute approximate surface area is 144 Å². The minimum atomic E-state index is -0.912. The highest BCUT2D eigenvalue weighted by molar-refractivity contribution is 5.96. The van der Waals surface area contributed by atoms with Gasteiger partial charge in [0, 0.05) is 11.9 Å². The van der Waals surface area contributed by atoms with E-state index in [1.54, 1.807) is 55.6 Å². The van der Waals surface area contributed by atoms with Crippen molar-refractivity contribution in [3.05, 3.63) is 65.4 Å². The number of methoxy groups -OCH3 is 1. The van der Waals surface area contributed by atoms with E-state index in [-0.39, 0.29) is 24.6 Å². The standard InChI is InChI=1S/C19H17NO5/c1-24-15-6-7-16-14(8-15)9-17(25-16)19(23)20-11-13-5-3-2-4-12(13)10-18(21)22/h2-9H,10-11H2,1H3,(H,20,23)(H,21,22). The first-order valence-corrected chi connectivity index (χ1v) is 7.71. The Kier molecular flexibility index (Phi) is 4.70. The summed E-state index contributed by atoms with van der Waals surface area (Å²) >= 11 is 0. The van der Waals surface area contributed by atoms with E-state index in [0.717, 1.165) is 10.9 Å². The van der Waals surface area contributed by atoms with Crippen molar-refractivity contribution in [1.29, 1.82) is 0 Å². The second-order valence-corrected chi connectivity index (χ2v) is 5.54. The first-order chi connectivity index (χ1) is 12.1. The lowest BCUT2D eigenvalue weighted by Gasteiger charge is -2.08. The van der Waals surface area contributed by atoms with Gasteiger partial charge in [0.2, 0.25) is 0 Å². The molecule has 1 aromatic heterocycles. The molecule has 6 heteroatoms. The Bertz CT molecular complexity index is 928.